The van der Waals surface area contributed by atoms with Gasteiger partial charge in [0.25, 0.3) is 5.91 Å². The van der Waals surface area contributed by atoms with Gasteiger partial charge >= 0.3 is 0 Å². The molecule has 1 atom stereocenters. The molecule has 2 N–H and O–H groups in total. The molecule has 1 aromatic carbocycles. The number of aryl methyl sites for hydroxylation is 1. The van der Waals surface area contributed by atoms with Crippen molar-refractivity contribution < 1.29 is 13.9 Å². The number of amides is 1. The van der Waals surface area contributed by atoms with Crippen LogP contribution in [0.1, 0.15) is 41.4 Å². The summed E-state index contributed by atoms with van der Waals surface area (Å²) in [7, 11) is 0. The van der Waals surface area contributed by atoms with Crippen LogP contribution in [0.15, 0.2) is 42.6 Å². The van der Waals surface area contributed by atoms with Gasteiger partial charge in [-0.15, -0.1) is 0 Å². The van der Waals surface area contributed by atoms with Gasteiger partial charge in [0.05, 0.1) is 6.61 Å². The summed E-state index contributed by atoms with van der Waals surface area (Å²) in [5, 5.41) is 0. The molecular formula is C22H28FN3O2. The van der Waals surface area contributed by atoms with E-state index in [1.165, 1.54) is 12.1 Å². The first kappa shape index (κ1) is 20.4. The van der Waals surface area contributed by atoms with Crippen molar-refractivity contribution in [3.8, 4) is 0 Å². The minimum atomic E-state index is -0.494. The second-order valence-electron chi connectivity index (χ2n) is 7.60. The van der Waals surface area contributed by atoms with E-state index in [-0.39, 0.29) is 11.2 Å². The van der Waals surface area contributed by atoms with Gasteiger partial charge in [-0.25, -0.2) is 4.39 Å². The van der Waals surface area contributed by atoms with Crippen LogP contribution in [0.3, 0.4) is 0 Å². The predicted octanol–water partition coefficient (Wildman–Crippen LogP) is 3.18. The quantitative estimate of drug-likeness (QED) is 0.720. The average molecular weight is 385 g/mol. The van der Waals surface area contributed by atoms with Crippen LogP contribution in [0.2, 0.25) is 0 Å². The highest BCUT2D eigenvalue weighted by atomic mass is 19.1. The summed E-state index contributed by atoms with van der Waals surface area (Å²) >= 11 is 0. The number of hydrogen-bond acceptors (Lipinski definition) is 4. The number of hydrogen-bond donors (Lipinski definition) is 1. The number of benzene rings is 1. The fourth-order valence-electron chi connectivity index (χ4n) is 3.96. The molecule has 0 radical (unpaired) electrons. The van der Waals surface area contributed by atoms with Gasteiger partial charge in [-0.05, 0) is 62.1 Å². The molecule has 1 amide bonds. The first-order chi connectivity index (χ1) is 13.5. The summed E-state index contributed by atoms with van der Waals surface area (Å²) in [5.74, 6) is -0.701. The van der Waals surface area contributed by atoms with Crippen LogP contribution in [-0.2, 0) is 17.7 Å². The SMILES string of the molecule is CCOC[C@@]1(CCc2ccc(F)cc2)CCN(Cc2cccnc2C(N)=O)C1. The smallest absolute Gasteiger partial charge is 0.267 e. The zero-order valence-corrected chi connectivity index (χ0v) is 16.4. The number of ether oxygens (including phenoxy) is 1. The molecule has 0 unspecified atom stereocenters. The van der Waals surface area contributed by atoms with Crippen LogP contribution in [0.5, 0.6) is 0 Å². The van der Waals surface area contributed by atoms with Crippen LogP contribution in [0, 0.1) is 11.2 Å². The molecule has 28 heavy (non-hydrogen) atoms. The van der Waals surface area contributed by atoms with Crippen LogP contribution in [0.4, 0.5) is 4.39 Å². The molecule has 150 valence electrons. The molecule has 0 bridgehead atoms. The van der Waals surface area contributed by atoms with Crippen LogP contribution in [0.25, 0.3) is 0 Å². The van der Waals surface area contributed by atoms with Crippen molar-refractivity contribution in [1.82, 2.24) is 9.88 Å². The maximum atomic E-state index is 13.2. The zero-order chi connectivity index (χ0) is 20.0. The lowest BCUT2D eigenvalue weighted by Gasteiger charge is -2.29. The number of carbonyl (C=O) groups excluding carboxylic acids is 1. The van der Waals surface area contributed by atoms with Crippen LogP contribution < -0.4 is 5.73 Å². The normalized spacial score (nSPS) is 19.8. The van der Waals surface area contributed by atoms with E-state index in [9.17, 15) is 9.18 Å². The molecule has 1 saturated heterocycles. The minimum absolute atomic E-state index is 0.0551. The van der Waals surface area contributed by atoms with Gasteiger partial charge in [-0.3, -0.25) is 14.7 Å². The number of halogens is 1. The molecule has 0 saturated carbocycles. The average Bonchev–Trinajstić information content (AvgIpc) is 3.09. The Kier molecular flexibility index (Phi) is 6.75. The zero-order valence-electron chi connectivity index (χ0n) is 16.4. The summed E-state index contributed by atoms with van der Waals surface area (Å²) in [6.45, 7) is 5.88. The fraction of sp³-hybridized carbons (Fsp3) is 0.455. The summed E-state index contributed by atoms with van der Waals surface area (Å²) in [5.41, 5.74) is 7.86. The Bertz CT molecular complexity index is 797. The van der Waals surface area contributed by atoms with Crippen molar-refractivity contribution >= 4 is 5.91 Å². The number of nitrogens with two attached hydrogens (primary N) is 1. The fourth-order valence-corrected chi connectivity index (χ4v) is 3.96. The Labute approximate surface area is 165 Å². The van der Waals surface area contributed by atoms with Gasteiger partial charge in [-0.2, -0.15) is 0 Å². The highest BCUT2D eigenvalue weighted by Gasteiger charge is 2.38. The van der Waals surface area contributed by atoms with Crippen molar-refractivity contribution in [1.29, 1.82) is 0 Å². The van der Waals surface area contributed by atoms with Crippen molar-refractivity contribution in [2.75, 3.05) is 26.3 Å². The van der Waals surface area contributed by atoms with Crippen molar-refractivity contribution in [3.05, 3.63) is 65.2 Å². The lowest BCUT2D eigenvalue weighted by atomic mass is 9.82. The van der Waals surface area contributed by atoms with Gasteiger partial charge in [0.1, 0.15) is 11.5 Å². The monoisotopic (exact) mass is 385 g/mol. The van der Waals surface area contributed by atoms with Crippen molar-refractivity contribution in [3.63, 3.8) is 0 Å². The lowest BCUT2D eigenvalue weighted by Crippen LogP contribution is -2.32. The third-order valence-electron chi connectivity index (χ3n) is 5.51. The Morgan fingerprint density at radius 1 is 1.32 bits per heavy atom. The largest absolute Gasteiger partial charge is 0.381 e. The third kappa shape index (κ3) is 5.14. The highest BCUT2D eigenvalue weighted by Crippen LogP contribution is 2.36. The standard InChI is InChI=1S/C22H28FN3O2/c1-2-28-16-22(10-9-17-5-7-19(23)8-6-17)11-13-26(15-22)14-18-4-3-12-25-20(18)21(24)27/h3-8,12H,2,9-11,13-16H2,1H3,(H2,24,27)/t22-/m0/s1. The first-order valence-corrected chi connectivity index (χ1v) is 9.79. The lowest BCUT2D eigenvalue weighted by molar-refractivity contribution is 0.0489. The van der Waals surface area contributed by atoms with Gasteiger partial charge in [0, 0.05) is 31.3 Å². The molecule has 5 nitrogen and oxygen atoms in total. The Morgan fingerprint density at radius 2 is 2.11 bits per heavy atom. The second kappa shape index (κ2) is 9.26. The summed E-state index contributed by atoms with van der Waals surface area (Å²) < 4.78 is 19.0. The molecule has 2 aromatic rings. The Balaban J connectivity index is 1.67. The molecule has 1 aliphatic heterocycles. The molecule has 1 aliphatic rings. The van der Waals surface area contributed by atoms with E-state index >= 15 is 0 Å². The topological polar surface area (TPSA) is 68.4 Å². The van der Waals surface area contributed by atoms with E-state index in [1.54, 1.807) is 6.20 Å². The summed E-state index contributed by atoms with van der Waals surface area (Å²) in [6.07, 6.45) is 4.49. The molecule has 2 heterocycles. The van der Waals surface area contributed by atoms with Crippen molar-refractivity contribution in [2.24, 2.45) is 11.1 Å². The van der Waals surface area contributed by atoms with Gasteiger partial charge in [0.2, 0.25) is 0 Å². The number of rotatable bonds is 9. The molecule has 6 heteroatoms. The summed E-state index contributed by atoms with van der Waals surface area (Å²) in [4.78, 5) is 18.1. The van der Waals surface area contributed by atoms with Gasteiger partial charge in [0.15, 0.2) is 0 Å². The van der Waals surface area contributed by atoms with Crippen LogP contribution >= 0.6 is 0 Å². The number of carbonyl (C=O) groups is 1. The molecule has 1 aromatic heterocycles. The van der Waals surface area contributed by atoms with Crippen molar-refractivity contribution in [2.45, 2.75) is 32.7 Å². The van der Waals surface area contributed by atoms with Crippen LogP contribution in [-0.4, -0.2) is 42.1 Å². The molecule has 0 aliphatic carbocycles. The van der Waals surface area contributed by atoms with Gasteiger partial charge < -0.3 is 10.5 Å². The minimum Gasteiger partial charge on any atom is -0.381 e. The number of pyridine rings is 1. The predicted molar refractivity (Wildman–Crippen MR) is 106 cm³/mol. The second-order valence-corrected chi connectivity index (χ2v) is 7.60. The number of nitrogens with zero attached hydrogens (tertiary/aromatic N) is 2. The summed E-state index contributed by atoms with van der Waals surface area (Å²) in [6, 6.07) is 10.5. The highest BCUT2D eigenvalue weighted by molar-refractivity contribution is 5.92. The Hall–Kier alpha value is -2.31. The maximum Gasteiger partial charge on any atom is 0.267 e. The van der Waals surface area contributed by atoms with E-state index in [0.717, 1.165) is 43.5 Å². The number of primary amides is 1. The molecule has 1 fully saturated rings. The molecule has 3 rings (SSSR count). The van der Waals surface area contributed by atoms with E-state index < -0.39 is 5.91 Å². The first-order valence-electron chi connectivity index (χ1n) is 9.79. The maximum absolute atomic E-state index is 13.2. The van der Waals surface area contributed by atoms with E-state index in [1.807, 2.05) is 31.2 Å². The van der Waals surface area contributed by atoms with E-state index in [0.29, 0.717) is 25.5 Å². The van der Waals surface area contributed by atoms with E-state index in [2.05, 4.69) is 9.88 Å². The van der Waals surface area contributed by atoms with Gasteiger partial charge in [-0.1, -0.05) is 18.2 Å². The molecular weight excluding hydrogens is 357 g/mol. The Morgan fingerprint density at radius 3 is 2.82 bits per heavy atom. The molecule has 0 spiro atoms. The third-order valence-corrected chi connectivity index (χ3v) is 5.51. The number of likely N-dealkylation sites (tertiary alicyclic amines) is 1. The number of aromatic nitrogens is 1. The van der Waals surface area contributed by atoms with E-state index in [4.69, 9.17) is 10.5 Å².